The van der Waals surface area contributed by atoms with E-state index in [4.69, 9.17) is 11.6 Å². The molecule has 0 aliphatic heterocycles. The third-order valence-electron chi connectivity index (χ3n) is 3.79. The number of halogens is 1. The van der Waals surface area contributed by atoms with Gasteiger partial charge in [0.2, 0.25) is 0 Å². The van der Waals surface area contributed by atoms with Crippen molar-refractivity contribution in [3.05, 3.63) is 75.3 Å². The van der Waals surface area contributed by atoms with Gasteiger partial charge in [-0.05, 0) is 41.5 Å². The molecule has 1 heterocycles. The second kappa shape index (κ2) is 7.43. The van der Waals surface area contributed by atoms with E-state index in [1.807, 2.05) is 0 Å². The molecular weight excluding hydrogens is 372 g/mol. The zero-order valence-electron chi connectivity index (χ0n) is 14.0. The van der Waals surface area contributed by atoms with Crippen molar-refractivity contribution in [2.75, 3.05) is 7.11 Å². The second-order valence-electron chi connectivity index (χ2n) is 5.54. The number of esters is 1. The Morgan fingerprint density at radius 3 is 2.44 bits per heavy atom. The molecule has 8 heteroatoms. The van der Waals surface area contributed by atoms with Crippen molar-refractivity contribution in [2.45, 2.75) is 0 Å². The fourth-order valence-corrected chi connectivity index (χ4v) is 2.64. The summed E-state index contributed by atoms with van der Waals surface area (Å²) >= 11 is 6.25. The molecule has 0 atom stereocenters. The number of carbonyl (C=O) groups excluding carboxylic acids is 2. The maximum absolute atomic E-state index is 12.2. The van der Waals surface area contributed by atoms with Gasteiger partial charge in [-0.2, -0.15) is 0 Å². The van der Waals surface area contributed by atoms with Crippen LogP contribution in [0.3, 0.4) is 0 Å². The van der Waals surface area contributed by atoms with E-state index in [2.05, 4.69) is 14.7 Å². The molecule has 27 heavy (non-hydrogen) atoms. The SMILES string of the molecule is COC(=O)c1ccc(/C=C(\Cl)c2nc3cc(C(=O)[O-])ccc3c(=O)[nH]2)cc1. The predicted octanol–water partition coefficient (Wildman–Crippen LogP) is 1.81. The molecule has 1 N–H and O–H groups in total. The summed E-state index contributed by atoms with van der Waals surface area (Å²) in [6, 6.07) is 10.3. The van der Waals surface area contributed by atoms with Gasteiger partial charge in [-0.3, -0.25) is 4.79 Å². The molecule has 0 saturated carbocycles. The van der Waals surface area contributed by atoms with Crippen molar-refractivity contribution in [2.24, 2.45) is 0 Å². The molecule has 3 aromatic rings. The van der Waals surface area contributed by atoms with Crippen LogP contribution in [0, 0.1) is 0 Å². The molecule has 0 saturated heterocycles. The van der Waals surface area contributed by atoms with Gasteiger partial charge in [0, 0.05) is 0 Å². The van der Waals surface area contributed by atoms with Crippen molar-refractivity contribution in [1.82, 2.24) is 9.97 Å². The van der Waals surface area contributed by atoms with E-state index in [1.165, 1.54) is 25.3 Å². The third kappa shape index (κ3) is 3.88. The van der Waals surface area contributed by atoms with Crippen LogP contribution >= 0.6 is 11.6 Å². The molecule has 0 spiro atoms. The van der Waals surface area contributed by atoms with Crippen LogP contribution in [0.5, 0.6) is 0 Å². The lowest BCUT2D eigenvalue weighted by atomic mass is 10.1. The zero-order chi connectivity index (χ0) is 19.6. The Morgan fingerprint density at radius 1 is 1.15 bits per heavy atom. The second-order valence-corrected chi connectivity index (χ2v) is 5.95. The lowest BCUT2D eigenvalue weighted by Crippen LogP contribution is -2.22. The predicted molar refractivity (Wildman–Crippen MR) is 98.2 cm³/mol. The maximum Gasteiger partial charge on any atom is 0.337 e. The zero-order valence-corrected chi connectivity index (χ0v) is 14.7. The summed E-state index contributed by atoms with van der Waals surface area (Å²) in [4.78, 5) is 41.4. The van der Waals surface area contributed by atoms with Gasteiger partial charge in [-0.1, -0.05) is 29.8 Å². The molecule has 3 rings (SSSR count). The number of H-pyrrole nitrogens is 1. The van der Waals surface area contributed by atoms with Crippen LogP contribution in [-0.4, -0.2) is 29.0 Å². The molecule has 1 aromatic heterocycles. The van der Waals surface area contributed by atoms with E-state index in [1.54, 1.807) is 30.3 Å². The van der Waals surface area contributed by atoms with Crippen molar-refractivity contribution in [3.8, 4) is 0 Å². The number of nitrogens with zero attached hydrogens (tertiary/aromatic N) is 1. The number of fused-ring (bicyclic) bond motifs is 1. The van der Waals surface area contributed by atoms with E-state index in [0.717, 1.165) is 0 Å². The van der Waals surface area contributed by atoms with Crippen LogP contribution in [-0.2, 0) is 4.74 Å². The summed E-state index contributed by atoms with van der Waals surface area (Å²) in [6.07, 6.45) is 1.55. The summed E-state index contributed by atoms with van der Waals surface area (Å²) in [7, 11) is 1.29. The van der Waals surface area contributed by atoms with Crippen LogP contribution in [0.15, 0.2) is 47.3 Å². The minimum atomic E-state index is -1.37. The number of methoxy groups -OCH3 is 1. The first kappa shape index (κ1) is 18.3. The standard InChI is InChI=1S/C19H13ClN2O5/c1-27-19(26)11-4-2-10(3-5-11)8-14(20)16-21-15-9-12(18(24)25)6-7-13(15)17(23)22-16/h2-9H,1H3,(H,24,25)(H,21,22,23)/p-1/b14-8-. The van der Waals surface area contributed by atoms with Gasteiger partial charge in [0.15, 0.2) is 5.82 Å². The Morgan fingerprint density at radius 2 is 1.81 bits per heavy atom. The molecule has 0 fully saturated rings. The van der Waals surface area contributed by atoms with Crippen molar-refractivity contribution >= 4 is 45.6 Å². The number of aromatic nitrogens is 2. The molecule has 0 unspecified atom stereocenters. The van der Waals surface area contributed by atoms with E-state index >= 15 is 0 Å². The molecular formula is C19H12ClN2O5-. The van der Waals surface area contributed by atoms with Gasteiger partial charge in [0.05, 0.1) is 34.6 Å². The quantitative estimate of drug-likeness (QED) is 0.687. The first-order valence-electron chi connectivity index (χ1n) is 7.70. The molecule has 0 bridgehead atoms. The first-order valence-corrected chi connectivity index (χ1v) is 8.08. The van der Waals surface area contributed by atoms with Crippen LogP contribution in [0.1, 0.15) is 32.1 Å². The topological polar surface area (TPSA) is 112 Å². The molecule has 0 aliphatic carbocycles. The Labute approximate surface area is 157 Å². The summed E-state index contributed by atoms with van der Waals surface area (Å²) < 4.78 is 4.63. The number of hydrogen-bond donors (Lipinski definition) is 1. The molecule has 2 aromatic carbocycles. The molecule has 7 nitrogen and oxygen atoms in total. The summed E-state index contributed by atoms with van der Waals surface area (Å²) in [5.74, 6) is -1.74. The minimum Gasteiger partial charge on any atom is -0.545 e. The number of aromatic carboxylic acids is 1. The van der Waals surface area contributed by atoms with Gasteiger partial charge in [0.25, 0.3) is 5.56 Å². The van der Waals surface area contributed by atoms with E-state index in [0.29, 0.717) is 11.1 Å². The van der Waals surface area contributed by atoms with Crippen LogP contribution in [0.25, 0.3) is 22.0 Å². The van der Waals surface area contributed by atoms with Crippen molar-refractivity contribution < 1.29 is 19.4 Å². The number of carbonyl (C=O) groups is 2. The van der Waals surface area contributed by atoms with E-state index in [-0.39, 0.29) is 27.3 Å². The fourth-order valence-electron chi connectivity index (χ4n) is 2.43. The Balaban J connectivity index is 2.00. The van der Waals surface area contributed by atoms with Gasteiger partial charge in [0.1, 0.15) is 0 Å². The highest BCUT2D eigenvalue weighted by atomic mass is 35.5. The normalized spacial score (nSPS) is 11.4. The van der Waals surface area contributed by atoms with Crippen LogP contribution in [0.2, 0.25) is 0 Å². The lowest BCUT2D eigenvalue weighted by molar-refractivity contribution is -0.255. The lowest BCUT2D eigenvalue weighted by Gasteiger charge is -2.06. The monoisotopic (exact) mass is 383 g/mol. The highest BCUT2D eigenvalue weighted by Gasteiger charge is 2.09. The third-order valence-corrected chi connectivity index (χ3v) is 4.08. The van der Waals surface area contributed by atoms with Gasteiger partial charge < -0.3 is 19.6 Å². The minimum absolute atomic E-state index is 0.0849. The van der Waals surface area contributed by atoms with Crippen molar-refractivity contribution in [1.29, 1.82) is 0 Å². The average molecular weight is 384 g/mol. The highest BCUT2D eigenvalue weighted by molar-refractivity contribution is 6.50. The summed E-state index contributed by atoms with van der Waals surface area (Å²) in [6.45, 7) is 0. The summed E-state index contributed by atoms with van der Waals surface area (Å²) in [5.41, 5.74) is 0.692. The number of rotatable bonds is 4. The van der Waals surface area contributed by atoms with Gasteiger partial charge >= 0.3 is 5.97 Å². The smallest absolute Gasteiger partial charge is 0.337 e. The Kier molecular flexibility index (Phi) is 5.05. The van der Waals surface area contributed by atoms with Crippen LogP contribution in [0.4, 0.5) is 0 Å². The Hall–Kier alpha value is -3.45. The highest BCUT2D eigenvalue weighted by Crippen LogP contribution is 2.20. The summed E-state index contributed by atoms with van der Waals surface area (Å²) in [5, 5.41) is 11.4. The van der Waals surface area contributed by atoms with Crippen molar-refractivity contribution in [3.63, 3.8) is 0 Å². The van der Waals surface area contributed by atoms with Gasteiger partial charge in [-0.15, -0.1) is 0 Å². The molecule has 0 aliphatic rings. The number of ether oxygens (including phenoxy) is 1. The number of carboxylic acids is 1. The number of hydrogen-bond acceptors (Lipinski definition) is 6. The molecule has 0 radical (unpaired) electrons. The maximum atomic E-state index is 12.2. The van der Waals surface area contributed by atoms with Crippen LogP contribution < -0.4 is 10.7 Å². The van der Waals surface area contributed by atoms with E-state index < -0.39 is 17.5 Å². The Bertz CT molecular complexity index is 1130. The number of carboxylic acid groups (broad SMARTS) is 1. The number of aromatic amines is 1. The largest absolute Gasteiger partial charge is 0.545 e. The van der Waals surface area contributed by atoms with Gasteiger partial charge in [-0.25, -0.2) is 9.78 Å². The molecule has 136 valence electrons. The number of nitrogens with one attached hydrogen (secondary N) is 1. The molecule has 0 amide bonds. The first-order chi connectivity index (χ1) is 12.9. The average Bonchev–Trinajstić information content (AvgIpc) is 2.67. The number of benzene rings is 2. The van der Waals surface area contributed by atoms with E-state index in [9.17, 15) is 19.5 Å². The fraction of sp³-hybridized carbons (Fsp3) is 0.0526.